The molecule has 3 aromatic rings. The van der Waals surface area contributed by atoms with Crippen LogP contribution < -0.4 is 0 Å². The molecule has 9 rings (SSSR count). The third-order valence-corrected chi connectivity index (χ3v) is 12.7. The minimum Gasteiger partial charge on any atom is -0.387 e. The summed E-state index contributed by atoms with van der Waals surface area (Å²) >= 11 is 0. The Morgan fingerprint density at radius 2 is 1.09 bits per heavy atom. The van der Waals surface area contributed by atoms with E-state index in [2.05, 4.69) is 10.0 Å². The highest BCUT2D eigenvalue weighted by Gasteiger charge is 2.67. The van der Waals surface area contributed by atoms with Gasteiger partial charge in [-0.25, -0.2) is 0 Å². The highest BCUT2D eigenvalue weighted by Crippen LogP contribution is 2.52. The first-order valence-electron chi connectivity index (χ1n) is 21.2. The van der Waals surface area contributed by atoms with Crippen LogP contribution in [0.25, 0.3) is 10.4 Å². The Kier molecular flexibility index (Phi) is 12.4. The van der Waals surface area contributed by atoms with Crippen molar-refractivity contribution in [1.29, 1.82) is 0 Å². The van der Waals surface area contributed by atoms with E-state index in [9.17, 15) is 10.6 Å². The molecule has 0 radical (unpaired) electrons. The second-order valence-corrected chi connectivity index (χ2v) is 16.6. The van der Waals surface area contributed by atoms with Gasteiger partial charge in [-0.1, -0.05) is 109 Å². The first-order valence-corrected chi connectivity index (χ1v) is 21.2. The molecule has 11 atom stereocenters. The van der Waals surface area contributed by atoms with Gasteiger partial charge in [0.2, 0.25) is 0 Å². The molecule has 3 aromatic carbocycles. The van der Waals surface area contributed by atoms with E-state index in [0.717, 1.165) is 80.9 Å². The fourth-order valence-corrected chi connectivity index (χ4v) is 9.80. The van der Waals surface area contributed by atoms with Gasteiger partial charge in [-0.15, -0.1) is 0 Å². The number of aliphatic hydroxyl groups is 1. The first kappa shape index (κ1) is 40.0. The molecule has 6 aliphatic rings. The number of fused-ring (bicyclic) bond motifs is 3. The van der Waals surface area contributed by atoms with Gasteiger partial charge in [0, 0.05) is 30.6 Å². The van der Waals surface area contributed by atoms with Crippen LogP contribution in [-0.2, 0) is 62.5 Å². The van der Waals surface area contributed by atoms with Gasteiger partial charge in [0.05, 0.1) is 26.4 Å². The van der Waals surface area contributed by atoms with E-state index >= 15 is 0 Å². The van der Waals surface area contributed by atoms with Crippen LogP contribution in [0.5, 0.6) is 0 Å². The second-order valence-electron chi connectivity index (χ2n) is 16.6. The molecule has 13 heteroatoms. The molecule has 6 fully saturated rings. The molecule has 3 aliphatic carbocycles. The number of azide groups is 1. The van der Waals surface area contributed by atoms with Gasteiger partial charge in [0.25, 0.3) is 0 Å². The Hall–Kier alpha value is -3.43. The number of nitrogens with zero attached hydrogens (tertiary/aromatic N) is 3. The van der Waals surface area contributed by atoms with Crippen molar-refractivity contribution in [1.82, 2.24) is 0 Å². The van der Waals surface area contributed by atoms with Gasteiger partial charge in [0.15, 0.2) is 17.9 Å². The lowest BCUT2D eigenvalue weighted by atomic mass is 9.84. The van der Waals surface area contributed by atoms with Crippen LogP contribution in [0.15, 0.2) is 96.1 Å². The van der Waals surface area contributed by atoms with Crippen molar-refractivity contribution in [3.8, 4) is 0 Å². The molecule has 0 aromatic heterocycles. The molecule has 0 unspecified atom stereocenters. The van der Waals surface area contributed by atoms with Gasteiger partial charge in [-0.3, -0.25) is 0 Å². The molecule has 13 nitrogen and oxygen atoms in total. The Balaban J connectivity index is 1.04. The van der Waals surface area contributed by atoms with Crippen LogP contribution in [0.4, 0.5) is 0 Å². The maximum absolute atomic E-state index is 12.3. The zero-order chi connectivity index (χ0) is 39.4. The average molecular weight is 798 g/mol. The number of hydrogen-bond donors (Lipinski definition) is 1. The Morgan fingerprint density at radius 1 is 0.603 bits per heavy atom. The largest absolute Gasteiger partial charge is 0.387 e. The Labute approximate surface area is 339 Å². The van der Waals surface area contributed by atoms with Gasteiger partial charge in [-0.05, 0) is 47.9 Å². The van der Waals surface area contributed by atoms with Crippen molar-refractivity contribution in [3.05, 3.63) is 118 Å². The van der Waals surface area contributed by atoms with E-state index in [1.165, 1.54) is 0 Å². The van der Waals surface area contributed by atoms with Crippen molar-refractivity contribution in [2.45, 2.75) is 163 Å². The molecular formula is C45H55N3O10. The van der Waals surface area contributed by atoms with Crippen molar-refractivity contribution >= 4 is 0 Å². The van der Waals surface area contributed by atoms with Crippen molar-refractivity contribution in [2.75, 3.05) is 6.61 Å². The quantitative estimate of drug-likeness (QED) is 0.105. The van der Waals surface area contributed by atoms with E-state index in [1.54, 1.807) is 0 Å². The molecule has 3 saturated carbocycles. The molecule has 0 bridgehead atoms. The first-order chi connectivity index (χ1) is 28.5. The second kappa shape index (κ2) is 18.0. The summed E-state index contributed by atoms with van der Waals surface area (Å²) in [6, 6.07) is 28.6. The number of hydrogen-bond acceptors (Lipinski definition) is 11. The monoisotopic (exact) mass is 797 g/mol. The fraction of sp³-hybridized carbons (Fsp3) is 0.600. The van der Waals surface area contributed by atoms with E-state index in [4.69, 9.17) is 42.6 Å². The molecule has 310 valence electrons. The summed E-state index contributed by atoms with van der Waals surface area (Å²) in [6.45, 7) is 0.929. The smallest absolute Gasteiger partial charge is 0.169 e. The van der Waals surface area contributed by atoms with E-state index in [1.807, 2.05) is 91.0 Å². The van der Waals surface area contributed by atoms with Gasteiger partial charge in [0.1, 0.15) is 61.0 Å². The van der Waals surface area contributed by atoms with E-state index in [0.29, 0.717) is 6.61 Å². The van der Waals surface area contributed by atoms with E-state index < -0.39 is 78.8 Å². The fourth-order valence-electron chi connectivity index (χ4n) is 9.80. The van der Waals surface area contributed by atoms with Crippen LogP contribution in [0, 0.1) is 0 Å². The summed E-state index contributed by atoms with van der Waals surface area (Å²) in [6.07, 6.45) is 1.02. The molecule has 0 amide bonds. The summed E-state index contributed by atoms with van der Waals surface area (Å²) in [5.41, 5.74) is 13.0. The third kappa shape index (κ3) is 8.59. The van der Waals surface area contributed by atoms with Crippen LogP contribution >= 0.6 is 0 Å². The summed E-state index contributed by atoms with van der Waals surface area (Å²) in [7, 11) is 0. The minimum absolute atomic E-state index is 0.120. The summed E-state index contributed by atoms with van der Waals surface area (Å²) < 4.78 is 60.8. The Morgan fingerprint density at radius 3 is 1.64 bits per heavy atom. The van der Waals surface area contributed by atoms with Crippen LogP contribution in [-0.4, -0.2) is 90.6 Å². The molecule has 3 saturated heterocycles. The van der Waals surface area contributed by atoms with Crippen molar-refractivity contribution in [3.63, 3.8) is 0 Å². The number of ether oxygens (including phenoxy) is 9. The third-order valence-electron chi connectivity index (χ3n) is 12.7. The maximum Gasteiger partial charge on any atom is 0.169 e. The molecule has 58 heavy (non-hydrogen) atoms. The zero-order valence-electron chi connectivity index (χ0n) is 32.9. The van der Waals surface area contributed by atoms with Gasteiger partial charge >= 0.3 is 0 Å². The molecule has 2 spiro atoms. The predicted octanol–water partition coefficient (Wildman–Crippen LogP) is 7.43. The van der Waals surface area contributed by atoms with Crippen molar-refractivity contribution in [2.24, 2.45) is 5.11 Å². The maximum atomic E-state index is 12.3. The normalized spacial score (nSPS) is 34.9. The topological polar surface area (TPSA) is 152 Å². The van der Waals surface area contributed by atoms with Crippen molar-refractivity contribution < 1.29 is 47.7 Å². The summed E-state index contributed by atoms with van der Waals surface area (Å²) in [5, 5.41) is 16.6. The standard InChI is InChI=1S/C45H55N3O10/c46-48-47-34-37(52-28-32-20-10-3-11-21-32)36(51-27-31-18-8-2-9-19-31)33(29-50-26-30-16-6-1-7-17-30)53-43(34)54-38-35(49)39-41(57-44(55-39)22-12-4-13-23-44)42-40(38)56-45(58-42)24-14-5-15-25-45/h1-3,6-11,16-21,33-43,49H,4-5,12-15,22-29H2/t33-,34-,35+,36-,37-,38+,39+,40-,41+,42+,43-/m1/s1. The zero-order valence-corrected chi connectivity index (χ0v) is 32.9. The SMILES string of the molecule is [N-]=[N+]=N[C@H]1[C@@H](O[C@H]2[C@H](O)[C@@H]3OC4(CCCCC4)O[C@@H]3[C@H]3OC4(CCCCC4)O[C@@H]32)O[C@H](COCc2ccccc2)[C@@H](OCc2ccccc2)[C@@H]1OCc1ccccc1. The number of rotatable bonds is 13. The van der Waals surface area contributed by atoms with E-state index in [-0.39, 0.29) is 19.8 Å². The summed E-state index contributed by atoms with van der Waals surface area (Å²) in [5.74, 6) is -1.59. The number of aliphatic hydroxyl groups excluding tert-OH is 1. The molecule has 1 N–H and O–H groups in total. The minimum atomic E-state index is -1.19. The van der Waals surface area contributed by atoms with Gasteiger partial charge < -0.3 is 47.7 Å². The van der Waals surface area contributed by atoms with Crippen LogP contribution in [0.2, 0.25) is 0 Å². The lowest BCUT2D eigenvalue weighted by molar-refractivity contribution is -0.318. The highest BCUT2D eigenvalue weighted by molar-refractivity contribution is 5.16. The summed E-state index contributed by atoms with van der Waals surface area (Å²) in [4.78, 5) is 3.29. The van der Waals surface area contributed by atoms with Crippen LogP contribution in [0.3, 0.4) is 0 Å². The Bertz CT molecular complexity index is 1810. The predicted molar refractivity (Wildman–Crippen MR) is 210 cm³/mol. The lowest BCUT2D eigenvalue weighted by Crippen LogP contribution is -2.66. The number of benzene rings is 3. The lowest BCUT2D eigenvalue weighted by Gasteiger charge is -2.47. The van der Waals surface area contributed by atoms with Gasteiger partial charge in [-0.2, -0.15) is 0 Å². The molecular weight excluding hydrogens is 743 g/mol. The molecule has 3 aliphatic heterocycles. The average Bonchev–Trinajstić information content (AvgIpc) is 3.82. The highest BCUT2D eigenvalue weighted by atomic mass is 16.8. The van der Waals surface area contributed by atoms with Crippen LogP contribution in [0.1, 0.15) is 80.9 Å². The molecule has 3 heterocycles.